The molecule has 0 unspecified atom stereocenters. The third kappa shape index (κ3) is 5.20. The highest BCUT2D eigenvalue weighted by atomic mass is 32.2. The van der Waals surface area contributed by atoms with Gasteiger partial charge in [0.2, 0.25) is 0 Å². The van der Waals surface area contributed by atoms with Gasteiger partial charge in [0, 0.05) is 12.6 Å². The summed E-state index contributed by atoms with van der Waals surface area (Å²) >= 11 is 1.97. The molecule has 6 heteroatoms. The zero-order chi connectivity index (χ0) is 15.3. The molecule has 0 saturated carbocycles. The molecule has 1 aromatic rings. The van der Waals surface area contributed by atoms with Gasteiger partial charge in [-0.1, -0.05) is 0 Å². The van der Waals surface area contributed by atoms with Crippen LogP contribution >= 0.6 is 11.8 Å². The van der Waals surface area contributed by atoms with Crippen LogP contribution in [-0.2, 0) is 4.43 Å². The fourth-order valence-electron chi connectivity index (χ4n) is 2.44. The van der Waals surface area contributed by atoms with Crippen molar-refractivity contribution in [2.24, 2.45) is 0 Å². The lowest BCUT2D eigenvalue weighted by molar-refractivity contribution is 0.0597. The lowest BCUT2D eigenvalue weighted by atomic mass is 10.1. The van der Waals surface area contributed by atoms with Crippen LogP contribution in [0.3, 0.4) is 0 Å². The number of furan rings is 1. The first-order valence-corrected chi connectivity index (χ1v) is 12.1. The van der Waals surface area contributed by atoms with E-state index in [4.69, 9.17) is 8.84 Å². The van der Waals surface area contributed by atoms with Gasteiger partial charge in [-0.15, -0.1) is 0 Å². The molecule has 0 atom stereocenters. The zero-order valence-corrected chi connectivity index (χ0v) is 14.9. The second kappa shape index (κ2) is 7.51. The Balaban J connectivity index is 2.01. The first-order chi connectivity index (χ1) is 9.97. The average Bonchev–Trinajstić information content (AvgIpc) is 2.97. The Morgan fingerprint density at radius 2 is 2.14 bits per heavy atom. The van der Waals surface area contributed by atoms with Gasteiger partial charge in [-0.25, -0.2) is 0 Å². The lowest BCUT2D eigenvalue weighted by Gasteiger charge is -2.34. The smallest absolute Gasteiger partial charge is 0.289 e. The molecule has 0 radical (unpaired) electrons. The van der Waals surface area contributed by atoms with Crippen molar-refractivity contribution in [3.8, 4) is 0 Å². The second-order valence-corrected chi connectivity index (χ2v) is 12.0. The standard InChI is InChI=1S/C15H25NO3SSi/c1-21(2,3)19-10-8-16(13-6-11-20-12-7-13)15(17)14-5-4-9-18-14/h4-5,9,13H,6-8,10-12H2,1-3H3. The van der Waals surface area contributed by atoms with Crippen LogP contribution in [0.4, 0.5) is 0 Å². The molecule has 1 saturated heterocycles. The SMILES string of the molecule is C[Si](C)(C)OCCN(C(=O)c1ccco1)C1CCSCC1. The van der Waals surface area contributed by atoms with Crippen molar-refractivity contribution in [2.45, 2.75) is 38.5 Å². The quantitative estimate of drug-likeness (QED) is 0.750. The lowest BCUT2D eigenvalue weighted by Crippen LogP contribution is -2.45. The predicted molar refractivity (Wildman–Crippen MR) is 89.4 cm³/mol. The van der Waals surface area contributed by atoms with Gasteiger partial charge in [0.25, 0.3) is 5.91 Å². The first-order valence-electron chi connectivity index (χ1n) is 7.53. The van der Waals surface area contributed by atoms with E-state index in [-0.39, 0.29) is 5.91 Å². The summed E-state index contributed by atoms with van der Waals surface area (Å²) in [6.07, 6.45) is 3.68. The summed E-state index contributed by atoms with van der Waals surface area (Å²) < 4.78 is 11.2. The summed E-state index contributed by atoms with van der Waals surface area (Å²) in [4.78, 5) is 14.6. The molecule has 1 aromatic heterocycles. The van der Waals surface area contributed by atoms with Crippen molar-refractivity contribution in [3.63, 3.8) is 0 Å². The van der Waals surface area contributed by atoms with E-state index in [1.54, 1.807) is 18.4 Å². The number of hydrogen-bond acceptors (Lipinski definition) is 4. The molecule has 21 heavy (non-hydrogen) atoms. The number of rotatable bonds is 6. The Bertz CT molecular complexity index is 438. The monoisotopic (exact) mass is 327 g/mol. The van der Waals surface area contributed by atoms with Gasteiger partial charge in [-0.2, -0.15) is 11.8 Å². The summed E-state index contributed by atoms with van der Waals surface area (Å²) in [6, 6.07) is 3.82. The molecule has 1 fully saturated rings. The van der Waals surface area contributed by atoms with Crippen LogP contribution in [0.25, 0.3) is 0 Å². The minimum atomic E-state index is -1.54. The summed E-state index contributed by atoms with van der Waals surface area (Å²) in [5, 5.41) is 0. The minimum absolute atomic E-state index is 0.00363. The molecule has 0 aromatic carbocycles. The van der Waals surface area contributed by atoms with Gasteiger partial charge < -0.3 is 13.7 Å². The molecule has 0 N–H and O–H groups in total. The van der Waals surface area contributed by atoms with E-state index in [0.29, 0.717) is 25.0 Å². The van der Waals surface area contributed by atoms with Gasteiger partial charge in [-0.05, 0) is 56.1 Å². The van der Waals surface area contributed by atoms with Gasteiger partial charge >= 0.3 is 0 Å². The number of carbonyl (C=O) groups excluding carboxylic acids is 1. The Hall–Kier alpha value is -0.723. The van der Waals surface area contributed by atoms with E-state index in [0.717, 1.165) is 24.3 Å². The van der Waals surface area contributed by atoms with Crippen LogP contribution in [0, 0.1) is 0 Å². The molecule has 1 aliphatic rings. The van der Waals surface area contributed by atoms with Gasteiger partial charge in [0.1, 0.15) is 0 Å². The van der Waals surface area contributed by atoms with E-state index in [2.05, 4.69) is 19.6 Å². The predicted octanol–water partition coefficient (Wildman–Crippen LogP) is 3.47. The van der Waals surface area contributed by atoms with Crippen molar-refractivity contribution >= 4 is 26.0 Å². The van der Waals surface area contributed by atoms with Crippen LogP contribution in [0.15, 0.2) is 22.8 Å². The van der Waals surface area contributed by atoms with E-state index in [1.807, 2.05) is 16.7 Å². The topological polar surface area (TPSA) is 42.7 Å². The minimum Gasteiger partial charge on any atom is -0.459 e. The average molecular weight is 328 g/mol. The van der Waals surface area contributed by atoms with Crippen molar-refractivity contribution in [3.05, 3.63) is 24.2 Å². The number of amides is 1. The highest BCUT2D eigenvalue weighted by Gasteiger charge is 2.28. The number of thioether (sulfide) groups is 1. The highest BCUT2D eigenvalue weighted by molar-refractivity contribution is 7.99. The summed E-state index contributed by atoms with van der Waals surface area (Å²) in [5.41, 5.74) is 0. The maximum absolute atomic E-state index is 12.6. The van der Waals surface area contributed by atoms with Crippen molar-refractivity contribution in [1.82, 2.24) is 4.90 Å². The maximum atomic E-state index is 12.6. The normalized spacial score (nSPS) is 16.9. The number of carbonyl (C=O) groups is 1. The van der Waals surface area contributed by atoms with Crippen molar-refractivity contribution in [2.75, 3.05) is 24.7 Å². The summed E-state index contributed by atoms with van der Waals surface area (Å²) in [7, 11) is -1.54. The molecular formula is C15H25NO3SSi. The zero-order valence-electron chi connectivity index (χ0n) is 13.1. The van der Waals surface area contributed by atoms with Crippen LogP contribution in [-0.4, -0.2) is 49.8 Å². The van der Waals surface area contributed by atoms with Gasteiger partial charge in [0.05, 0.1) is 12.9 Å². The van der Waals surface area contributed by atoms with Crippen LogP contribution in [0.5, 0.6) is 0 Å². The molecule has 0 bridgehead atoms. The third-order valence-corrected chi connectivity index (χ3v) is 5.61. The largest absolute Gasteiger partial charge is 0.459 e. The molecule has 0 spiro atoms. The Kier molecular flexibility index (Phi) is 5.95. The molecule has 118 valence electrons. The van der Waals surface area contributed by atoms with E-state index in [9.17, 15) is 4.79 Å². The number of nitrogens with zero attached hydrogens (tertiary/aromatic N) is 1. The third-order valence-electron chi connectivity index (χ3n) is 3.49. The molecular weight excluding hydrogens is 302 g/mol. The van der Waals surface area contributed by atoms with Crippen LogP contribution < -0.4 is 0 Å². The maximum Gasteiger partial charge on any atom is 0.289 e. The van der Waals surface area contributed by atoms with E-state index >= 15 is 0 Å². The van der Waals surface area contributed by atoms with Crippen molar-refractivity contribution in [1.29, 1.82) is 0 Å². The molecule has 2 rings (SSSR count). The molecule has 4 nitrogen and oxygen atoms in total. The molecule has 2 heterocycles. The molecule has 1 aliphatic heterocycles. The second-order valence-electron chi connectivity index (χ2n) is 6.28. The summed E-state index contributed by atoms with van der Waals surface area (Å²) in [5.74, 6) is 2.68. The highest BCUT2D eigenvalue weighted by Crippen LogP contribution is 2.23. The first kappa shape index (κ1) is 16.6. The Labute approximate surface area is 132 Å². The molecule has 1 amide bonds. The number of hydrogen-bond donors (Lipinski definition) is 0. The van der Waals surface area contributed by atoms with Gasteiger partial charge in [-0.3, -0.25) is 4.79 Å². The van der Waals surface area contributed by atoms with Crippen LogP contribution in [0.1, 0.15) is 23.4 Å². The van der Waals surface area contributed by atoms with Gasteiger partial charge in [0.15, 0.2) is 14.1 Å². The van der Waals surface area contributed by atoms with Crippen molar-refractivity contribution < 1.29 is 13.6 Å². The fraction of sp³-hybridized carbons (Fsp3) is 0.667. The van der Waals surface area contributed by atoms with E-state index < -0.39 is 8.32 Å². The Morgan fingerprint density at radius 3 is 2.71 bits per heavy atom. The Morgan fingerprint density at radius 1 is 1.43 bits per heavy atom. The summed E-state index contributed by atoms with van der Waals surface area (Å²) in [6.45, 7) is 7.78. The fourth-order valence-corrected chi connectivity index (χ4v) is 4.22. The van der Waals surface area contributed by atoms with E-state index in [1.165, 1.54) is 0 Å². The van der Waals surface area contributed by atoms with Crippen LogP contribution in [0.2, 0.25) is 19.6 Å². The molecule has 0 aliphatic carbocycles.